The lowest BCUT2D eigenvalue weighted by Crippen LogP contribution is -2.43. The Morgan fingerprint density at radius 3 is 2.72 bits per heavy atom. The van der Waals surface area contributed by atoms with Crippen LogP contribution in [0.4, 0.5) is 4.39 Å². The van der Waals surface area contributed by atoms with Crippen molar-refractivity contribution in [1.82, 2.24) is 25.1 Å². The highest BCUT2D eigenvalue weighted by Gasteiger charge is 2.23. The van der Waals surface area contributed by atoms with E-state index in [0.717, 1.165) is 28.2 Å². The van der Waals surface area contributed by atoms with Crippen molar-refractivity contribution in [3.05, 3.63) is 66.1 Å². The molecule has 10 heteroatoms. The fourth-order valence-corrected chi connectivity index (χ4v) is 4.13. The van der Waals surface area contributed by atoms with Gasteiger partial charge in [0, 0.05) is 30.6 Å². The first kappa shape index (κ1) is 21.6. The quantitative estimate of drug-likeness (QED) is 0.354. The average molecular weight is 453 g/mol. The van der Waals surface area contributed by atoms with E-state index in [2.05, 4.69) is 20.5 Å². The number of carbonyl (C=O) groups excluding carboxylic acids is 1. The summed E-state index contributed by atoms with van der Waals surface area (Å²) in [6.45, 7) is 0. The van der Waals surface area contributed by atoms with E-state index >= 15 is 0 Å². The molecule has 1 amide bonds. The summed E-state index contributed by atoms with van der Waals surface area (Å²) < 4.78 is 15.6. The van der Waals surface area contributed by atoms with Gasteiger partial charge in [0.2, 0.25) is 5.91 Å². The molecule has 0 saturated carbocycles. The van der Waals surface area contributed by atoms with Gasteiger partial charge in [0.1, 0.15) is 11.9 Å². The smallest absolute Gasteiger partial charge is 0.326 e. The van der Waals surface area contributed by atoms with Gasteiger partial charge in [-0.1, -0.05) is 42.1 Å². The molecule has 0 spiro atoms. The number of thioether (sulfide) groups is 1. The third-order valence-corrected chi connectivity index (χ3v) is 6.03. The van der Waals surface area contributed by atoms with Crippen LogP contribution in [0, 0.1) is 5.82 Å². The normalized spacial score (nSPS) is 12.1. The van der Waals surface area contributed by atoms with Crippen molar-refractivity contribution in [1.29, 1.82) is 0 Å². The molecule has 3 N–H and O–H groups in total. The molecule has 1 atom stereocenters. The zero-order valence-electron chi connectivity index (χ0n) is 17.1. The molecule has 0 unspecified atom stereocenters. The molecular weight excluding hydrogens is 433 g/mol. The second kappa shape index (κ2) is 9.23. The zero-order chi connectivity index (χ0) is 22.7. The number of carboxylic acid groups (broad SMARTS) is 1. The SMILES string of the molecule is Cn1c(SCC(=O)N[C@H](Cc2c[nH]c3ccccc23)C(=O)O)nnc1-c1ccccc1F. The standard InChI is InChI=1S/C22H20FN5O3S/c1-28-20(15-7-2-4-8-16(15)23)26-27-22(28)32-12-19(29)25-18(21(30)31)10-13-11-24-17-9-5-3-6-14(13)17/h2-9,11,18,24H,10,12H2,1H3,(H,25,29)(H,30,31)/t18-/m1/s1. The minimum atomic E-state index is -1.12. The molecule has 0 radical (unpaired) electrons. The Morgan fingerprint density at radius 2 is 1.94 bits per heavy atom. The largest absolute Gasteiger partial charge is 0.480 e. The van der Waals surface area contributed by atoms with Crippen molar-refractivity contribution < 1.29 is 19.1 Å². The van der Waals surface area contributed by atoms with E-state index in [0.29, 0.717) is 16.5 Å². The van der Waals surface area contributed by atoms with E-state index in [1.807, 2.05) is 24.3 Å². The second-order valence-electron chi connectivity index (χ2n) is 7.16. The van der Waals surface area contributed by atoms with Crippen LogP contribution >= 0.6 is 11.8 Å². The maximum Gasteiger partial charge on any atom is 0.326 e. The predicted octanol–water partition coefficient (Wildman–Crippen LogP) is 3.01. The van der Waals surface area contributed by atoms with Crippen LogP contribution < -0.4 is 5.32 Å². The van der Waals surface area contributed by atoms with Gasteiger partial charge in [-0.25, -0.2) is 9.18 Å². The van der Waals surface area contributed by atoms with Gasteiger partial charge in [-0.05, 0) is 23.8 Å². The lowest BCUT2D eigenvalue weighted by atomic mass is 10.1. The van der Waals surface area contributed by atoms with Crippen molar-refractivity contribution >= 4 is 34.5 Å². The molecular formula is C22H20FN5O3S. The number of hydrogen-bond donors (Lipinski definition) is 3. The first-order chi connectivity index (χ1) is 15.4. The van der Waals surface area contributed by atoms with E-state index in [-0.39, 0.29) is 12.2 Å². The van der Waals surface area contributed by atoms with Crippen LogP contribution in [-0.4, -0.2) is 48.5 Å². The second-order valence-corrected chi connectivity index (χ2v) is 8.10. The maximum atomic E-state index is 14.0. The number of para-hydroxylation sites is 1. The lowest BCUT2D eigenvalue weighted by molar-refractivity contribution is -0.141. The summed E-state index contributed by atoms with van der Waals surface area (Å²) in [4.78, 5) is 27.3. The highest BCUT2D eigenvalue weighted by atomic mass is 32.2. The number of fused-ring (bicyclic) bond motifs is 1. The number of aromatic amines is 1. The number of aliphatic carboxylic acids is 1. The molecule has 2 aromatic carbocycles. The van der Waals surface area contributed by atoms with Crippen LogP contribution in [-0.2, 0) is 23.1 Å². The van der Waals surface area contributed by atoms with Gasteiger partial charge in [0.15, 0.2) is 11.0 Å². The molecule has 2 aromatic heterocycles. The van der Waals surface area contributed by atoms with Gasteiger partial charge in [-0.15, -0.1) is 10.2 Å². The third-order valence-electron chi connectivity index (χ3n) is 5.01. The summed E-state index contributed by atoms with van der Waals surface area (Å²) >= 11 is 1.10. The number of carboxylic acids is 1. The van der Waals surface area contributed by atoms with Gasteiger partial charge in [-0.2, -0.15) is 0 Å². The van der Waals surface area contributed by atoms with Crippen LogP contribution in [0.5, 0.6) is 0 Å². The Kier molecular flexibility index (Phi) is 6.22. The molecule has 2 heterocycles. The minimum Gasteiger partial charge on any atom is -0.480 e. The lowest BCUT2D eigenvalue weighted by Gasteiger charge is -2.14. The van der Waals surface area contributed by atoms with Gasteiger partial charge < -0.3 is 20.0 Å². The molecule has 4 aromatic rings. The molecule has 8 nitrogen and oxygen atoms in total. The topological polar surface area (TPSA) is 113 Å². The number of halogens is 1. The van der Waals surface area contributed by atoms with Crippen LogP contribution in [0.3, 0.4) is 0 Å². The summed E-state index contributed by atoms with van der Waals surface area (Å²) in [5.41, 5.74) is 2.02. The summed E-state index contributed by atoms with van der Waals surface area (Å²) in [5, 5.41) is 21.5. The maximum absolute atomic E-state index is 14.0. The van der Waals surface area contributed by atoms with Gasteiger partial charge in [0.05, 0.1) is 11.3 Å². The molecule has 0 aliphatic rings. The fraction of sp³-hybridized carbons (Fsp3) is 0.182. The molecule has 32 heavy (non-hydrogen) atoms. The monoisotopic (exact) mass is 453 g/mol. The Hall–Kier alpha value is -3.66. The Labute approximate surface area is 186 Å². The molecule has 0 fully saturated rings. The van der Waals surface area contributed by atoms with E-state index < -0.39 is 23.7 Å². The summed E-state index contributed by atoms with van der Waals surface area (Å²) in [5.74, 6) is -1.69. The Balaban J connectivity index is 1.40. The molecule has 0 aliphatic heterocycles. The predicted molar refractivity (Wildman–Crippen MR) is 119 cm³/mol. The molecule has 0 aliphatic carbocycles. The van der Waals surface area contributed by atoms with Crippen molar-refractivity contribution in [3.8, 4) is 11.4 Å². The van der Waals surface area contributed by atoms with Crippen LogP contribution in [0.2, 0.25) is 0 Å². The number of carbonyl (C=O) groups is 2. The van der Waals surface area contributed by atoms with Crippen molar-refractivity contribution in [2.24, 2.45) is 7.05 Å². The summed E-state index contributed by atoms with van der Waals surface area (Å²) in [7, 11) is 1.68. The number of aromatic nitrogens is 4. The molecule has 4 rings (SSSR count). The highest BCUT2D eigenvalue weighted by molar-refractivity contribution is 7.99. The molecule has 0 bridgehead atoms. The first-order valence-corrected chi connectivity index (χ1v) is 10.8. The number of nitrogens with zero attached hydrogens (tertiary/aromatic N) is 3. The fourth-order valence-electron chi connectivity index (χ4n) is 3.40. The van der Waals surface area contributed by atoms with E-state index in [4.69, 9.17) is 0 Å². The number of benzene rings is 2. The van der Waals surface area contributed by atoms with Crippen molar-refractivity contribution in [2.75, 3.05) is 5.75 Å². The van der Waals surface area contributed by atoms with Gasteiger partial charge in [0.25, 0.3) is 0 Å². The highest BCUT2D eigenvalue weighted by Crippen LogP contribution is 2.24. The van der Waals surface area contributed by atoms with E-state index in [9.17, 15) is 19.1 Å². The van der Waals surface area contributed by atoms with Crippen LogP contribution in [0.15, 0.2) is 59.9 Å². The zero-order valence-corrected chi connectivity index (χ0v) is 17.9. The van der Waals surface area contributed by atoms with Crippen molar-refractivity contribution in [2.45, 2.75) is 17.6 Å². The first-order valence-electron chi connectivity index (χ1n) is 9.78. The number of amides is 1. The van der Waals surface area contributed by atoms with E-state index in [1.165, 1.54) is 6.07 Å². The van der Waals surface area contributed by atoms with Gasteiger partial charge in [-0.3, -0.25) is 4.79 Å². The summed E-state index contributed by atoms with van der Waals surface area (Å²) in [6.07, 6.45) is 1.91. The average Bonchev–Trinajstić information content (AvgIpc) is 3.35. The van der Waals surface area contributed by atoms with Gasteiger partial charge >= 0.3 is 5.97 Å². The minimum absolute atomic E-state index is 0.0547. The van der Waals surface area contributed by atoms with Crippen molar-refractivity contribution in [3.63, 3.8) is 0 Å². The number of rotatable bonds is 8. The Bertz CT molecular complexity index is 1290. The Morgan fingerprint density at radius 1 is 1.19 bits per heavy atom. The third kappa shape index (κ3) is 4.50. The number of H-pyrrole nitrogens is 1. The molecule has 164 valence electrons. The molecule has 0 saturated heterocycles. The van der Waals surface area contributed by atoms with Crippen LogP contribution in [0.1, 0.15) is 5.56 Å². The number of nitrogens with one attached hydrogen (secondary N) is 2. The number of hydrogen-bond acceptors (Lipinski definition) is 5. The van der Waals surface area contributed by atoms with Crippen LogP contribution in [0.25, 0.3) is 22.3 Å². The van der Waals surface area contributed by atoms with E-state index in [1.54, 1.807) is 36.0 Å². The summed E-state index contributed by atoms with van der Waals surface area (Å²) in [6, 6.07) is 12.7.